The number of aliphatic hydroxyl groups is 1. The van der Waals surface area contributed by atoms with Crippen LogP contribution in [0.4, 0.5) is 0 Å². The van der Waals surface area contributed by atoms with Gasteiger partial charge in [0.25, 0.3) is 5.56 Å². The Hall–Kier alpha value is -2.77. The van der Waals surface area contributed by atoms with Crippen molar-refractivity contribution >= 4 is 30.1 Å². The van der Waals surface area contributed by atoms with Crippen LogP contribution in [0.3, 0.4) is 0 Å². The molecule has 6 nitrogen and oxygen atoms in total. The number of carbonyl (C=O) groups excluding carboxylic acids is 1. The number of aromatic nitrogens is 2. The van der Waals surface area contributed by atoms with Gasteiger partial charge in [0.2, 0.25) is 0 Å². The number of nitrogens with zero attached hydrogens (tertiary/aromatic N) is 2. The van der Waals surface area contributed by atoms with E-state index in [0.717, 1.165) is 28.2 Å². The molecule has 31 heavy (non-hydrogen) atoms. The van der Waals surface area contributed by atoms with Crippen molar-refractivity contribution in [1.82, 2.24) is 9.55 Å². The third kappa shape index (κ3) is 2.63. The Balaban J connectivity index is 1.86. The number of hydrogen-bond acceptors (Lipinski definition) is 5. The van der Waals surface area contributed by atoms with Gasteiger partial charge < -0.3 is 14.4 Å². The highest BCUT2D eigenvalue weighted by molar-refractivity contribution is 6.91. The lowest BCUT2D eigenvalue weighted by Gasteiger charge is -2.31. The molecular weight excluding hydrogens is 408 g/mol. The molecule has 0 aliphatic carbocycles. The molecule has 1 atom stereocenters. The van der Waals surface area contributed by atoms with Crippen LogP contribution >= 0.6 is 0 Å². The largest absolute Gasteiger partial charge is 0.458 e. The minimum absolute atomic E-state index is 0.108. The van der Waals surface area contributed by atoms with Crippen molar-refractivity contribution in [2.24, 2.45) is 0 Å². The normalized spacial score (nSPS) is 19.7. The molecule has 1 N–H and O–H groups in total. The fourth-order valence-corrected chi connectivity index (χ4v) is 7.29. The summed E-state index contributed by atoms with van der Waals surface area (Å²) in [6.07, 6.45) is 0.140. The van der Waals surface area contributed by atoms with Gasteiger partial charge in [0.1, 0.15) is 6.61 Å². The van der Waals surface area contributed by atoms with Crippen LogP contribution in [0.25, 0.3) is 22.3 Å². The van der Waals surface area contributed by atoms with E-state index in [9.17, 15) is 14.7 Å². The predicted octanol–water partition coefficient (Wildman–Crippen LogP) is 3.01. The van der Waals surface area contributed by atoms with E-state index in [0.29, 0.717) is 23.4 Å². The minimum Gasteiger partial charge on any atom is -0.458 e. The number of esters is 1. The maximum Gasteiger partial charge on any atom is 0.343 e. The van der Waals surface area contributed by atoms with E-state index in [4.69, 9.17) is 9.72 Å². The lowest BCUT2D eigenvalue weighted by molar-refractivity contribution is -0.172. The Bertz CT molecular complexity index is 1330. The molecule has 0 saturated heterocycles. The summed E-state index contributed by atoms with van der Waals surface area (Å²) in [6.45, 7) is 9.00. The van der Waals surface area contributed by atoms with Gasteiger partial charge in [0.15, 0.2) is 5.60 Å². The molecular formula is C24H26N2O4Si. The monoisotopic (exact) mass is 434 g/mol. The van der Waals surface area contributed by atoms with Crippen LogP contribution in [0.15, 0.2) is 35.1 Å². The van der Waals surface area contributed by atoms with Crippen molar-refractivity contribution in [3.05, 3.63) is 57.4 Å². The third-order valence-electron chi connectivity index (χ3n) is 7.16. The first-order valence-electron chi connectivity index (χ1n) is 10.8. The molecule has 5 rings (SSSR count). The zero-order chi connectivity index (χ0) is 22.1. The molecule has 0 spiro atoms. The van der Waals surface area contributed by atoms with Gasteiger partial charge >= 0.3 is 5.97 Å². The first-order valence-corrected chi connectivity index (χ1v) is 14.0. The molecule has 0 radical (unpaired) electrons. The topological polar surface area (TPSA) is 81.4 Å². The van der Waals surface area contributed by atoms with Crippen molar-refractivity contribution < 1.29 is 14.6 Å². The van der Waals surface area contributed by atoms with E-state index in [1.54, 1.807) is 17.6 Å². The van der Waals surface area contributed by atoms with Gasteiger partial charge in [-0.15, -0.1) is 0 Å². The summed E-state index contributed by atoms with van der Waals surface area (Å²) in [6, 6.07) is 11.0. The predicted molar refractivity (Wildman–Crippen MR) is 122 cm³/mol. The summed E-state index contributed by atoms with van der Waals surface area (Å²) in [5.74, 6) is -0.697. The number of rotatable bonds is 3. The number of hydrogen-bond donors (Lipinski definition) is 1. The molecule has 0 amide bonds. The quantitative estimate of drug-likeness (QED) is 0.396. The summed E-state index contributed by atoms with van der Waals surface area (Å²) < 4.78 is 6.91. The fourth-order valence-electron chi connectivity index (χ4n) is 4.98. The van der Waals surface area contributed by atoms with Crippen LogP contribution in [0.5, 0.6) is 0 Å². The Morgan fingerprint density at radius 3 is 2.65 bits per heavy atom. The SMILES string of the molecule is CC[C@@]1(O)C(=O)OCc2c1cc1n(c2=O)Cc2c-1nc1ccccc1c2[Si](C)(C)CC. The standard InChI is InChI=1S/C24H26N2O4Si/c1-5-24(29)17-11-19-20-15(12-26(19)22(27)16(17)13-30-23(24)28)21(31(3,4)6-2)14-9-7-8-10-18(14)25-20/h7-11,29H,5-6,12-13H2,1-4H3/t24-/m0/s1. The van der Waals surface area contributed by atoms with E-state index in [1.807, 2.05) is 18.2 Å². The van der Waals surface area contributed by atoms with E-state index >= 15 is 0 Å². The molecule has 1 aromatic carbocycles. The Labute approximate surface area is 181 Å². The highest BCUT2D eigenvalue weighted by Gasteiger charge is 2.45. The second-order valence-corrected chi connectivity index (χ2v) is 14.1. The third-order valence-corrected chi connectivity index (χ3v) is 10.8. The second kappa shape index (κ2) is 6.61. The van der Waals surface area contributed by atoms with Crippen molar-refractivity contribution in [2.45, 2.75) is 58.2 Å². The summed E-state index contributed by atoms with van der Waals surface area (Å²) >= 11 is 0. The zero-order valence-corrected chi connectivity index (χ0v) is 19.3. The van der Waals surface area contributed by atoms with Crippen LogP contribution in [0, 0.1) is 0 Å². The van der Waals surface area contributed by atoms with Crippen molar-refractivity contribution in [2.75, 3.05) is 0 Å². The minimum atomic E-state index is -1.80. The number of carbonyl (C=O) groups is 1. The number of ether oxygens (including phenoxy) is 1. The van der Waals surface area contributed by atoms with Crippen LogP contribution < -0.4 is 10.7 Å². The molecule has 0 fully saturated rings. The highest BCUT2D eigenvalue weighted by atomic mass is 28.3. The van der Waals surface area contributed by atoms with E-state index < -0.39 is 19.6 Å². The molecule has 2 aliphatic rings. The molecule has 4 heterocycles. The summed E-state index contributed by atoms with van der Waals surface area (Å²) in [7, 11) is -1.79. The lowest BCUT2D eigenvalue weighted by Crippen LogP contribution is -2.44. The van der Waals surface area contributed by atoms with E-state index in [-0.39, 0.29) is 18.6 Å². The van der Waals surface area contributed by atoms with Gasteiger partial charge in [-0.1, -0.05) is 51.2 Å². The number of cyclic esters (lactones) is 1. The average molecular weight is 435 g/mol. The fraction of sp³-hybridized carbons (Fsp3) is 0.375. The highest BCUT2D eigenvalue weighted by Crippen LogP contribution is 2.38. The molecule has 2 aliphatic heterocycles. The zero-order valence-electron chi connectivity index (χ0n) is 18.3. The van der Waals surface area contributed by atoms with Crippen molar-refractivity contribution in [1.29, 1.82) is 0 Å². The maximum absolute atomic E-state index is 13.5. The lowest BCUT2D eigenvalue weighted by atomic mass is 9.86. The maximum atomic E-state index is 13.5. The van der Waals surface area contributed by atoms with Gasteiger partial charge in [0, 0.05) is 5.56 Å². The summed E-state index contributed by atoms with van der Waals surface area (Å²) in [5, 5.41) is 13.6. The number of pyridine rings is 2. The number of benzene rings is 1. The Morgan fingerprint density at radius 2 is 1.94 bits per heavy atom. The van der Waals surface area contributed by atoms with Gasteiger partial charge in [0.05, 0.1) is 37.1 Å². The van der Waals surface area contributed by atoms with Crippen LogP contribution in [0.2, 0.25) is 19.1 Å². The average Bonchev–Trinajstić information content (AvgIpc) is 3.13. The first kappa shape index (κ1) is 20.1. The van der Waals surface area contributed by atoms with E-state index in [2.05, 4.69) is 26.1 Å². The van der Waals surface area contributed by atoms with Crippen LogP contribution in [-0.2, 0) is 28.3 Å². The number of fused-ring (bicyclic) bond motifs is 5. The van der Waals surface area contributed by atoms with E-state index in [1.165, 1.54) is 5.19 Å². The molecule has 0 saturated carbocycles. The smallest absolute Gasteiger partial charge is 0.343 e. The van der Waals surface area contributed by atoms with Crippen molar-refractivity contribution in [3.8, 4) is 11.4 Å². The summed E-state index contributed by atoms with van der Waals surface area (Å²) in [5.41, 5.74) is 2.18. The molecule has 0 unspecified atom stereocenters. The van der Waals surface area contributed by atoms with Crippen LogP contribution in [0.1, 0.15) is 37.0 Å². The van der Waals surface area contributed by atoms with Gasteiger partial charge in [-0.05, 0) is 34.7 Å². The molecule has 3 aromatic rings. The molecule has 2 aromatic heterocycles. The first-order chi connectivity index (χ1) is 14.7. The molecule has 0 bridgehead atoms. The van der Waals surface area contributed by atoms with Gasteiger partial charge in [-0.2, -0.15) is 0 Å². The van der Waals surface area contributed by atoms with Gasteiger partial charge in [-0.25, -0.2) is 9.78 Å². The Kier molecular flexibility index (Phi) is 4.30. The second-order valence-electron chi connectivity index (χ2n) is 9.17. The molecule has 7 heteroatoms. The van der Waals surface area contributed by atoms with Crippen molar-refractivity contribution in [3.63, 3.8) is 0 Å². The summed E-state index contributed by atoms with van der Waals surface area (Å²) in [4.78, 5) is 30.8. The van der Waals surface area contributed by atoms with Crippen LogP contribution in [-0.4, -0.2) is 28.7 Å². The number of para-hydroxylation sites is 1. The van der Waals surface area contributed by atoms with Gasteiger partial charge in [-0.3, -0.25) is 4.79 Å². The molecule has 160 valence electrons. The Morgan fingerprint density at radius 1 is 1.19 bits per heavy atom.